The van der Waals surface area contributed by atoms with E-state index in [1.807, 2.05) is 37.3 Å². The number of ether oxygens (including phenoxy) is 1. The molecule has 1 unspecified atom stereocenters. The van der Waals surface area contributed by atoms with Gasteiger partial charge in [-0.2, -0.15) is 0 Å². The van der Waals surface area contributed by atoms with Crippen molar-refractivity contribution in [2.24, 2.45) is 5.92 Å². The van der Waals surface area contributed by atoms with Crippen LogP contribution >= 0.6 is 0 Å². The molecule has 0 bridgehead atoms. The SMILES string of the molecule is CCOC(=O)C(Cc1ccccc1)NC(=O)C[C@@H](CNc1ncnc(N2CCC(c3ccc4c(n3)NCCC4)CC2)c1CC)C(=O)O. The first kappa shape index (κ1) is 33.6. The fourth-order valence-corrected chi connectivity index (χ4v) is 6.34. The zero-order valence-corrected chi connectivity index (χ0v) is 27.2. The van der Waals surface area contributed by atoms with Crippen LogP contribution in [0.4, 0.5) is 17.5 Å². The van der Waals surface area contributed by atoms with Crippen LogP contribution in [0.5, 0.6) is 0 Å². The average molecular weight is 644 g/mol. The number of nitrogens with one attached hydrogen (secondary N) is 3. The number of fused-ring (bicyclic) bond motifs is 1. The van der Waals surface area contributed by atoms with Crippen molar-refractivity contribution in [3.63, 3.8) is 0 Å². The van der Waals surface area contributed by atoms with Gasteiger partial charge in [-0.25, -0.2) is 19.7 Å². The summed E-state index contributed by atoms with van der Waals surface area (Å²) in [5.41, 5.74) is 4.18. The number of aliphatic carboxylic acids is 1. The second kappa shape index (κ2) is 16.2. The van der Waals surface area contributed by atoms with E-state index >= 15 is 0 Å². The summed E-state index contributed by atoms with van der Waals surface area (Å²) in [5, 5.41) is 19.3. The number of amides is 1. The highest BCUT2D eigenvalue weighted by Gasteiger charge is 2.29. The number of hydrogen-bond acceptors (Lipinski definition) is 10. The lowest BCUT2D eigenvalue weighted by Gasteiger charge is -2.34. The maximum atomic E-state index is 13.0. The molecule has 2 atom stereocenters. The summed E-state index contributed by atoms with van der Waals surface area (Å²) in [6.45, 7) is 6.48. The van der Waals surface area contributed by atoms with Crippen molar-refractivity contribution in [1.29, 1.82) is 0 Å². The number of carboxylic acid groups (broad SMARTS) is 1. The van der Waals surface area contributed by atoms with Crippen LogP contribution in [0, 0.1) is 5.92 Å². The number of aryl methyl sites for hydroxylation is 1. The van der Waals surface area contributed by atoms with E-state index in [1.54, 1.807) is 6.92 Å². The molecule has 250 valence electrons. The highest BCUT2D eigenvalue weighted by atomic mass is 16.5. The third-order valence-corrected chi connectivity index (χ3v) is 8.89. The van der Waals surface area contributed by atoms with Gasteiger partial charge in [0.1, 0.15) is 29.8 Å². The van der Waals surface area contributed by atoms with Gasteiger partial charge in [-0.05, 0) is 56.2 Å². The Hall–Kier alpha value is -4.74. The summed E-state index contributed by atoms with van der Waals surface area (Å²) in [6.07, 6.45) is 6.19. The second-order valence-electron chi connectivity index (χ2n) is 12.1. The summed E-state index contributed by atoms with van der Waals surface area (Å²) in [5.74, 6) is -0.470. The number of rotatable bonds is 14. The van der Waals surface area contributed by atoms with Gasteiger partial charge in [0, 0.05) is 56.2 Å². The van der Waals surface area contributed by atoms with Gasteiger partial charge in [0.05, 0.1) is 12.5 Å². The summed E-state index contributed by atoms with van der Waals surface area (Å²) >= 11 is 0. The first-order chi connectivity index (χ1) is 22.9. The molecule has 1 aromatic carbocycles. The number of piperidine rings is 1. The van der Waals surface area contributed by atoms with Crippen LogP contribution in [-0.2, 0) is 38.4 Å². The molecule has 5 rings (SSSR count). The Balaban J connectivity index is 1.19. The first-order valence-corrected chi connectivity index (χ1v) is 16.6. The highest BCUT2D eigenvalue weighted by Crippen LogP contribution is 2.33. The fourth-order valence-electron chi connectivity index (χ4n) is 6.34. The third kappa shape index (κ3) is 8.75. The molecule has 0 aliphatic carbocycles. The number of benzene rings is 1. The van der Waals surface area contributed by atoms with Gasteiger partial charge in [0.15, 0.2) is 0 Å². The zero-order chi connectivity index (χ0) is 33.2. The van der Waals surface area contributed by atoms with E-state index < -0.39 is 29.8 Å². The maximum Gasteiger partial charge on any atom is 0.328 e. The lowest BCUT2D eigenvalue weighted by Crippen LogP contribution is -2.44. The summed E-state index contributed by atoms with van der Waals surface area (Å²) in [6, 6.07) is 12.7. The van der Waals surface area contributed by atoms with E-state index in [4.69, 9.17) is 9.72 Å². The third-order valence-electron chi connectivity index (χ3n) is 8.89. The van der Waals surface area contributed by atoms with Crippen LogP contribution < -0.4 is 20.9 Å². The zero-order valence-electron chi connectivity index (χ0n) is 27.2. The van der Waals surface area contributed by atoms with Crippen LogP contribution in [0.3, 0.4) is 0 Å². The Labute approximate surface area is 275 Å². The molecular formula is C35H45N7O5. The molecule has 3 aromatic rings. The maximum absolute atomic E-state index is 13.0. The smallest absolute Gasteiger partial charge is 0.328 e. The number of carbonyl (C=O) groups is 3. The van der Waals surface area contributed by atoms with Crippen molar-refractivity contribution in [3.8, 4) is 0 Å². The molecule has 12 heteroatoms. The molecule has 0 spiro atoms. The quantitative estimate of drug-likeness (QED) is 0.188. The number of carboxylic acids is 1. The standard InChI is InChI=1S/C35H45N7O5/c1-3-27-32(37-21-26(34(44)45)20-30(43)40-29(35(46)47-4-2)19-23-9-6-5-7-10-23)38-22-39-33(27)42-17-14-24(15-18-42)28-13-12-25-11-8-16-36-31(25)41-28/h5-7,9-10,12-13,22,24,26,29H,3-4,8,11,14-21H2,1-2H3,(H,36,41)(H,40,43)(H,44,45)(H,37,38,39)/t26-,29?/m0/s1. The number of hydrogen-bond donors (Lipinski definition) is 4. The normalized spacial score (nSPS) is 15.9. The molecule has 0 radical (unpaired) electrons. The van der Waals surface area contributed by atoms with E-state index in [2.05, 4.69) is 43.0 Å². The van der Waals surface area contributed by atoms with Gasteiger partial charge >= 0.3 is 11.9 Å². The Bertz CT molecular complexity index is 1530. The molecule has 1 amide bonds. The monoisotopic (exact) mass is 643 g/mol. The van der Waals surface area contributed by atoms with Gasteiger partial charge < -0.3 is 30.7 Å². The van der Waals surface area contributed by atoms with E-state index in [9.17, 15) is 19.5 Å². The van der Waals surface area contributed by atoms with Crippen LogP contribution in [0.2, 0.25) is 0 Å². The minimum absolute atomic E-state index is 0.0188. The molecule has 2 aromatic heterocycles. The van der Waals surface area contributed by atoms with E-state index in [0.717, 1.165) is 73.8 Å². The van der Waals surface area contributed by atoms with Crippen LogP contribution in [0.1, 0.15) is 67.8 Å². The van der Waals surface area contributed by atoms with Gasteiger partial charge in [-0.3, -0.25) is 9.59 Å². The fraction of sp³-hybridized carbons (Fsp3) is 0.486. The summed E-state index contributed by atoms with van der Waals surface area (Å²) in [7, 11) is 0. The lowest BCUT2D eigenvalue weighted by molar-refractivity contribution is -0.147. The number of carbonyl (C=O) groups excluding carboxylic acids is 2. The molecule has 47 heavy (non-hydrogen) atoms. The Morgan fingerprint density at radius 2 is 1.87 bits per heavy atom. The van der Waals surface area contributed by atoms with Crippen molar-refractivity contribution in [2.75, 3.05) is 48.3 Å². The number of aromatic nitrogens is 3. The van der Waals surface area contributed by atoms with Crippen molar-refractivity contribution in [2.45, 2.75) is 70.8 Å². The number of pyridine rings is 1. The van der Waals surface area contributed by atoms with Gasteiger partial charge in [0.2, 0.25) is 5.91 Å². The van der Waals surface area contributed by atoms with Crippen molar-refractivity contribution in [1.82, 2.24) is 20.3 Å². The van der Waals surface area contributed by atoms with Crippen molar-refractivity contribution < 1.29 is 24.2 Å². The van der Waals surface area contributed by atoms with E-state index in [0.29, 0.717) is 18.2 Å². The average Bonchev–Trinajstić information content (AvgIpc) is 3.09. The molecule has 2 aliphatic rings. The van der Waals surface area contributed by atoms with Crippen LogP contribution in [-0.4, -0.2) is 76.7 Å². The minimum Gasteiger partial charge on any atom is -0.481 e. The molecule has 12 nitrogen and oxygen atoms in total. The Kier molecular flexibility index (Phi) is 11.6. The van der Waals surface area contributed by atoms with Crippen molar-refractivity contribution >= 4 is 35.3 Å². The number of esters is 1. The second-order valence-corrected chi connectivity index (χ2v) is 12.1. The highest BCUT2D eigenvalue weighted by molar-refractivity contribution is 5.87. The van der Waals surface area contributed by atoms with Gasteiger partial charge in [0.25, 0.3) is 0 Å². The molecule has 2 aliphatic heterocycles. The van der Waals surface area contributed by atoms with E-state index in [1.165, 1.54) is 11.9 Å². The summed E-state index contributed by atoms with van der Waals surface area (Å²) in [4.78, 5) is 54.1. The minimum atomic E-state index is -1.12. The predicted molar refractivity (Wildman–Crippen MR) is 180 cm³/mol. The topological polar surface area (TPSA) is 159 Å². The van der Waals surface area contributed by atoms with Gasteiger partial charge in [-0.15, -0.1) is 0 Å². The van der Waals surface area contributed by atoms with Crippen molar-refractivity contribution in [3.05, 3.63) is 71.2 Å². The van der Waals surface area contributed by atoms with Crippen LogP contribution in [0.15, 0.2) is 48.8 Å². The molecule has 4 heterocycles. The number of anilines is 3. The first-order valence-electron chi connectivity index (χ1n) is 16.6. The molecule has 1 fully saturated rings. The molecular weight excluding hydrogens is 598 g/mol. The predicted octanol–water partition coefficient (Wildman–Crippen LogP) is 3.97. The lowest BCUT2D eigenvalue weighted by atomic mass is 9.92. The van der Waals surface area contributed by atoms with Crippen LogP contribution in [0.25, 0.3) is 0 Å². The van der Waals surface area contributed by atoms with E-state index in [-0.39, 0.29) is 26.0 Å². The molecule has 4 N–H and O–H groups in total. The molecule has 1 saturated heterocycles. The molecule has 0 saturated carbocycles. The Morgan fingerprint density at radius 1 is 1.09 bits per heavy atom. The summed E-state index contributed by atoms with van der Waals surface area (Å²) < 4.78 is 5.16. The number of nitrogens with zero attached hydrogens (tertiary/aromatic N) is 4. The Morgan fingerprint density at radius 3 is 2.60 bits per heavy atom. The largest absolute Gasteiger partial charge is 0.481 e. The van der Waals surface area contributed by atoms with Gasteiger partial charge in [-0.1, -0.05) is 43.3 Å².